The molecule has 90 valence electrons. The fourth-order valence-electron chi connectivity index (χ4n) is 1.67. The topological polar surface area (TPSA) is 46.3 Å². The lowest BCUT2D eigenvalue weighted by Gasteiger charge is -2.33. The van der Waals surface area contributed by atoms with Gasteiger partial charge in [-0.3, -0.25) is 4.79 Å². The zero-order chi connectivity index (χ0) is 12.0. The van der Waals surface area contributed by atoms with E-state index in [0.29, 0.717) is 0 Å². The fraction of sp³-hybridized carbons (Fsp3) is 0.909. The largest absolute Gasteiger partial charge is 0.336 e. The lowest BCUT2D eigenvalue weighted by atomic mass is 10.1. The highest BCUT2D eigenvalue weighted by Gasteiger charge is 2.24. The van der Waals surface area contributed by atoms with Gasteiger partial charge in [0.15, 0.2) is 0 Å². The number of hydrogen-bond acceptors (Lipinski definition) is 3. The predicted molar refractivity (Wildman–Crippen MR) is 68.1 cm³/mol. The van der Waals surface area contributed by atoms with Gasteiger partial charge in [-0.25, -0.2) is 0 Å². The quantitative estimate of drug-likeness (QED) is 0.758. The van der Waals surface area contributed by atoms with Crippen LogP contribution in [-0.4, -0.2) is 40.9 Å². The van der Waals surface area contributed by atoms with E-state index in [1.807, 2.05) is 38.9 Å². The van der Waals surface area contributed by atoms with Gasteiger partial charge >= 0.3 is 0 Å². The van der Waals surface area contributed by atoms with Gasteiger partial charge in [0.2, 0.25) is 5.91 Å². The highest BCUT2D eigenvalue weighted by molar-refractivity contribution is 7.98. The summed E-state index contributed by atoms with van der Waals surface area (Å²) in [6, 6.07) is 0.0953. The van der Waals surface area contributed by atoms with E-state index in [4.69, 9.17) is 5.73 Å². The summed E-state index contributed by atoms with van der Waals surface area (Å²) < 4.78 is 0. The van der Waals surface area contributed by atoms with Crippen molar-refractivity contribution in [2.24, 2.45) is 5.73 Å². The molecular formula is C11H24N2OS. The van der Waals surface area contributed by atoms with E-state index in [9.17, 15) is 4.79 Å². The van der Waals surface area contributed by atoms with E-state index in [1.165, 1.54) is 0 Å². The van der Waals surface area contributed by atoms with Crippen LogP contribution < -0.4 is 5.73 Å². The van der Waals surface area contributed by atoms with Crippen molar-refractivity contribution in [3.8, 4) is 0 Å². The minimum absolute atomic E-state index is 0.0778. The average molecular weight is 232 g/mol. The SMILES string of the molecule is CSCC[C@H](N)C(=O)N(C(C)C)C(C)C. The number of thioether (sulfide) groups is 1. The predicted octanol–water partition coefficient (Wildman–Crippen LogP) is 1.71. The van der Waals surface area contributed by atoms with Gasteiger partial charge in [0.1, 0.15) is 0 Å². The second kappa shape index (κ2) is 7.12. The van der Waals surface area contributed by atoms with Gasteiger partial charge in [-0.1, -0.05) is 0 Å². The van der Waals surface area contributed by atoms with Gasteiger partial charge in [0.05, 0.1) is 6.04 Å². The second-order valence-electron chi connectivity index (χ2n) is 4.32. The summed E-state index contributed by atoms with van der Waals surface area (Å²) in [5, 5.41) is 0. The third-order valence-corrected chi connectivity index (χ3v) is 2.96. The molecule has 0 saturated heterocycles. The standard InChI is InChI=1S/C11H24N2OS/c1-8(2)13(9(3)4)11(14)10(12)6-7-15-5/h8-10H,6-7,12H2,1-5H3/t10-/m0/s1. The molecule has 0 aromatic rings. The number of nitrogens with two attached hydrogens (primary N) is 1. The molecule has 15 heavy (non-hydrogen) atoms. The zero-order valence-electron chi connectivity index (χ0n) is 10.5. The molecule has 0 spiro atoms. The van der Waals surface area contributed by atoms with Crippen molar-refractivity contribution in [1.82, 2.24) is 4.90 Å². The van der Waals surface area contributed by atoms with E-state index in [1.54, 1.807) is 11.8 Å². The molecule has 0 aliphatic heterocycles. The first-order valence-electron chi connectivity index (χ1n) is 5.48. The van der Waals surface area contributed by atoms with Gasteiger partial charge in [-0.2, -0.15) is 11.8 Å². The summed E-state index contributed by atoms with van der Waals surface area (Å²) in [5.41, 5.74) is 5.88. The molecule has 0 aromatic heterocycles. The first-order chi connectivity index (χ1) is 6.91. The number of amides is 1. The highest BCUT2D eigenvalue weighted by Crippen LogP contribution is 2.09. The van der Waals surface area contributed by atoms with E-state index in [0.717, 1.165) is 12.2 Å². The highest BCUT2D eigenvalue weighted by atomic mass is 32.2. The number of rotatable bonds is 6. The van der Waals surface area contributed by atoms with E-state index >= 15 is 0 Å². The summed E-state index contributed by atoms with van der Waals surface area (Å²) in [6.07, 6.45) is 2.79. The Hall–Kier alpha value is -0.220. The van der Waals surface area contributed by atoms with E-state index in [-0.39, 0.29) is 24.0 Å². The molecule has 0 saturated carbocycles. The maximum Gasteiger partial charge on any atom is 0.239 e. The maximum absolute atomic E-state index is 12.0. The Morgan fingerprint density at radius 2 is 1.73 bits per heavy atom. The van der Waals surface area contributed by atoms with Crippen LogP contribution in [-0.2, 0) is 4.79 Å². The van der Waals surface area contributed by atoms with Crippen molar-refractivity contribution in [3.63, 3.8) is 0 Å². The molecule has 0 heterocycles. The smallest absolute Gasteiger partial charge is 0.239 e. The van der Waals surface area contributed by atoms with Gasteiger partial charge in [0, 0.05) is 12.1 Å². The van der Waals surface area contributed by atoms with Crippen LogP contribution in [0.5, 0.6) is 0 Å². The van der Waals surface area contributed by atoms with Crippen molar-refractivity contribution in [1.29, 1.82) is 0 Å². The summed E-state index contributed by atoms with van der Waals surface area (Å²) in [6.45, 7) is 8.11. The number of carbonyl (C=O) groups is 1. The third-order valence-electron chi connectivity index (χ3n) is 2.32. The molecule has 4 heteroatoms. The molecule has 0 aromatic carbocycles. The third kappa shape index (κ3) is 4.89. The Kier molecular flexibility index (Phi) is 7.02. The van der Waals surface area contributed by atoms with Crippen LogP contribution in [0.2, 0.25) is 0 Å². The van der Waals surface area contributed by atoms with Crippen LogP contribution in [0.3, 0.4) is 0 Å². The van der Waals surface area contributed by atoms with Gasteiger partial charge in [-0.05, 0) is 46.1 Å². The number of hydrogen-bond donors (Lipinski definition) is 1. The normalized spacial score (nSPS) is 13.3. The summed E-state index contributed by atoms with van der Waals surface area (Å²) in [7, 11) is 0. The second-order valence-corrected chi connectivity index (χ2v) is 5.31. The average Bonchev–Trinajstić information content (AvgIpc) is 2.12. The maximum atomic E-state index is 12.0. The molecule has 2 N–H and O–H groups in total. The van der Waals surface area contributed by atoms with Crippen LogP contribution in [0.1, 0.15) is 34.1 Å². The first-order valence-corrected chi connectivity index (χ1v) is 6.87. The number of carbonyl (C=O) groups excluding carboxylic acids is 1. The van der Waals surface area contributed by atoms with Crippen molar-refractivity contribution in [3.05, 3.63) is 0 Å². The van der Waals surface area contributed by atoms with Crippen molar-refractivity contribution in [2.45, 2.75) is 52.2 Å². The van der Waals surface area contributed by atoms with Crippen molar-refractivity contribution >= 4 is 17.7 Å². The number of nitrogens with zero attached hydrogens (tertiary/aromatic N) is 1. The van der Waals surface area contributed by atoms with E-state index in [2.05, 4.69) is 0 Å². The lowest BCUT2D eigenvalue weighted by molar-refractivity contribution is -0.136. The molecule has 0 aliphatic carbocycles. The molecule has 0 unspecified atom stereocenters. The van der Waals surface area contributed by atoms with Crippen LogP contribution in [0.15, 0.2) is 0 Å². The Balaban J connectivity index is 4.36. The minimum atomic E-state index is -0.345. The Bertz CT molecular complexity index is 187. The molecule has 1 atom stereocenters. The van der Waals surface area contributed by atoms with Crippen molar-refractivity contribution in [2.75, 3.05) is 12.0 Å². The molecule has 0 aliphatic rings. The Morgan fingerprint density at radius 3 is 2.07 bits per heavy atom. The molecule has 1 amide bonds. The van der Waals surface area contributed by atoms with Crippen molar-refractivity contribution < 1.29 is 4.79 Å². The van der Waals surface area contributed by atoms with Gasteiger partial charge in [-0.15, -0.1) is 0 Å². The molecule has 0 bridgehead atoms. The summed E-state index contributed by atoms with van der Waals surface area (Å²) in [4.78, 5) is 13.9. The molecule has 0 rings (SSSR count). The molecule has 0 radical (unpaired) electrons. The zero-order valence-corrected chi connectivity index (χ0v) is 11.3. The van der Waals surface area contributed by atoms with Crippen LogP contribution in [0, 0.1) is 0 Å². The molecule has 0 fully saturated rings. The minimum Gasteiger partial charge on any atom is -0.336 e. The molecular weight excluding hydrogens is 208 g/mol. The monoisotopic (exact) mass is 232 g/mol. The van der Waals surface area contributed by atoms with Gasteiger partial charge < -0.3 is 10.6 Å². The van der Waals surface area contributed by atoms with Crippen LogP contribution >= 0.6 is 11.8 Å². The van der Waals surface area contributed by atoms with Gasteiger partial charge in [0.25, 0.3) is 0 Å². The van der Waals surface area contributed by atoms with Crippen LogP contribution in [0.25, 0.3) is 0 Å². The summed E-state index contributed by atoms with van der Waals surface area (Å²) >= 11 is 1.73. The Labute approximate surface area is 97.8 Å². The Morgan fingerprint density at radius 1 is 1.27 bits per heavy atom. The molecule has 3 nitrogen and oxygen atoms in total. The van der Waals surface area contributed by atoms with Crippen LogP contribution in [0.4, 0.5) is 0 Å². The first kappa shape index (κ1) is 14.8. The summed E-state index contributed by atoms with van der Waals surface area (Å²) in [5.74, 6) is 1.02. The van der Waals surface area contributed by atoms with E-state index < -0.39 is 0 Å². The lowest BCUT2D eigenvalue weighted by Crippen LogP contribution is -2.50. The fourth-order valence-corrected chi connectivity index (χ4v) is 2.15.